The van der Waals surface area contributed by atoms with Crippen molar-refractivity contribution in [3.05, 3.63) is 59.4 Å². The minimum absolute atomic E-state index is 0.190. The van der Waals surface area contributed by atoms with Gasteiger partial charge in [-0.25, -0.2) is 13.2 Å². The Morgan fingerprint density at radius 2 is 1.55 bits per heavy atom. The molecule has 0 atom stereocenters. The minimum atomic E-state index is -1.51. The molecule has 2 aromatic rings. The first kappa shape index (κ1) is 14.6. The zero-order valence-electron chi connectivity index (χ0n) is 11.4. The van der Waals surface area contributed by atoms with Crippen molar-refractivity contribution in [2.24, 2.45) is 0 Å². The quantitative estimate of drug-likeness (QED) is 0.866. The zero-order chi connectivity index (χ0) is 15.9. The second-order valence-corrected chi connectivity index (χ2v) is 5.20. The SMILES string of the molecule is O=C(c1ccc(-c2cc(F)c(F)c(F)c2)cc1)N1CC(O)C1. The standard InChI is InChI=1S/C16H12F3NO2/c17-13-5-11(6-14(18)15(13)19)9-1-3-10(4-2-9)16(22)20-7-12(21)8-20/h1-6,12,21H,7-8H2. The first-order chi connectivity index (χ1) is 10.5. The number of carbonyl (C=O) groups excluding carboxylic acids is 1. The summed E-state index contributed by atoms with van der Waals surface area (Å²) in [6, 6.07) is 7.94. The molecule has 6 heteroatoms. The molecule has 114 valence electrons. The number of halogens is 3. The van der Waals surface area contributed by atoms with Gasteiger partial charge in [0, 0.05) is 18.7 Å². The van der Waals surface area contributed by atoms with Crippen molar-refractivity contribution in [1.82, 2.24) is 4.90 Å². The number of aliphatic hydroxyl groups is 1. The van der Waals surface area contributed by atoms with Crippen LogP contribution in [0.2, 0.25) is 0 Å². The first-order valence-electron chi connectivity index (χ1n) is 6.68. The molecule has 1 aliphatic rings. The third kappa shape index (κ3) is 2.57. The van der Waals surface area contributed by atoms with E-state index in [1.165, 1.54) is 29.2 Å². The molecule has 0 aliphatic carbocycles. The molecule has 0 radical (unpaired) electrons. The number of carbonyl (C=O) groups is 1. The summed E-state index contributed by atoms with van der Waals surface area (Å²) in [7, 11) is 0. The van der Waals surface area contributed by atoms with Crippen LogP contribution in [0.1, 0.15) is 10.4 Å². The number of nitrogens with zero attached hydrogens (tertiary/aromatic N) is 1. The van der Waals surface area contributed by atoms with Crippen LogP contribution in [0.4, 0.5) is 13.2 Å². The number of β-amino-alcohol motifs (C(OH)–C–C–N with tert-alkyl or cyclic N) is 1. The normalized spacial score (nSPS) is 14.8. The van der Waals surface area contributed by atoms with Crippen LogP contribution in [0, 0.1) is 17.5 Å². The molecule has 1 saturated heterocycles. The topological polar surface area (TPSA) is 40.5 Å². The van der Waals surface area contributed by atoms with Crippen molar-refractivity contribution in [3.8, 4) is 11.1 Å². The van der Waals surface area contributed by atoms with Gasteiger partial charge in [0.2, 0.25) is 0 Å². The third-order valence-corrected chi connectivity index (χ3v) is 3.60. The van der Waals surface area contributed by atoms with Gasteiger partial charge < -0.3 is 10.0 Å². The molecule has 1 N–H and O–H groups in total. The third-order valence-electron chi connectivity index (χ3n) is 3.60. The average molecular weight is 307 g/mol. The highest BCUT2D eigenvalue weighted by Gasteiger charge is 2.29. The zero-order valence-corrected chi connectivity index (χ0v) is 11.4. The van der Waals surface area contributed by atoms with E-state index in [1.54, 1.807) is 0 Å². The molecule has 0 saturated carbocycles. The Morgan fingerprint density at radius 1 is 1.00 bits per heavy atom. The lowest BCUT2D eigenvalue weighted by Gasteiger charge is -2.35. The molecule has 3 nitrogen and oxygen atoms in total. The molecule has 2 aromatic carbocycles. The van der Waals surface area contributed by atoms with E-state index in [1.807, 2.05) is 0 Å². The van der Waals surface area contributed by atoms with Crippen LogP contribution in [0.15, 0.2) is 36.4 Å². The van der Waals surface area contributed by atoms with Gasteiger partial charge in [-0.3, -0.25) is 4.79 Å². The summed E-state index contributed by atoms with van der Waals surface area (Å²) in [5.41, 5.74) is 1.08. The lowest BCUT2D eigenvalue weighted by molar-refractivity contribution is 0.00590. The molecular weight excluding hydrogens is 295 g/mol. The van der Waals surface area contributed by atoms with E-state index in [0.29, 0.717) is 24.2 Å². The number of hydrogen-bond donors (Lipinski definition) is 1. The summed E-state index contributed by atoms with van der Waals surface area (Å²) >= 11 is 0. The van der Waals surface area contributed by atoms with E-state index >= 15 is 0 Å². The summed E-state index contributed by atoms with van der Waals surface area (Å²) in [6.45, 7) is 0.601. The maximum absolute atomic E-state index is 13.2. The first-order valence-corrected chi connectivity index (χ1v) is 6.68. The van der Waals surface area contributed by atoms with Crippen molar-refractivity contribution in [2.45, 2.75) is 6.10 Å². The van der Waals surface area contributed by atoms with Crippen LogP contribution >= 0.6 is 0 Å². The number of likely N-dealkylation sites (tertiary alicyclic amines) is 1. The Hall–Kier alpha value is -2.34. The van der Waals surface area contributed by atoms with Crippen molar-refractivity contribution in [2.75, 3.05) is 13.1 Å². The summed E-state index contributed by atoms with van der Waals surface area (Å²) < 4.78 is 39.4. The van der Waals surface area contributed by atoms with Crippen molar-refractivity contribution in [3.63, 3.8) is 0 Å². The van der Waals surface area contributed by atoms with Gasteiger partial charge in [0.25, 0.3) is 5.91 Å². The van der Waals surface area contributed by atoms with E-state index in [2.05, 4.69) is 0 Å². The van der Waals surface area contributed by atoms with Gasteiger partial charge in [-0.05, 0) is 35.4 Å². The molecule has 0 spiro atoms. The van der Waals surface area contributed by atoms with Crippen molar-refractivity contribution >= 4 is 5.91 Å². The molecule has 1 aliphatic heterocycles. The van der Waals surface area contributed by atoms with Gasteiger partial charge in [-0.15, -0.1) is 0 Å². The highest BCUT2D eigenvalue weighted by Crippen LogP contribution is 2.24. The second kappa shape index (κ2) is 5.46. The summed E-state index contributed by atoms with van der Waals surface area (Å²) in [4.78, 5) is 13.5. The number of aliphatic hydroxyl groups excluding tert-OH is 1. The van der Waals surface area contributed by atoms with Crippen LogP contribution in [0.5, 0.6) is 0 Å². The van der Waals surface area contributed by atoms with E-state index in [9.17, 15) is 23.1 Å². The van der Waals surface area contributed by atoms with E-state index in [0.717, 1.165) is 12.1 Å². The average Bonchev–Trinajstić information content (AvgIpc) is 2.48. The van der Waals surface area contributed by atoms with Gasteiger partial charge in [-0.2, -0.15) is 0 Å². The van der Waals surface area contributed by atoms with Gasteiger partial charge >= 0.3 is 0 Å². The fraction of sp³-hybridized carbons (Fsp3) is 0.188. The Morgan fingerprint density at radius 3 is 2.05 bits per heavy atom. The highest BCUT2D eigenvalue weighted by atomic mass is 19.2. The molecule has 0 bridgehead atoms. The molecule has 0 aromatic heterocycles. The Bertz CT molecular complexity index is 702. The fourth-order valence-electron chi connectivity index (χ4n) is 2.33. The molecule has 3 rings (SSSR count). The molecule has 0 unspecified atom stereocenters. The van der Waals surface area contributed by atoms with Gasteiger partial charge in [-0.1, -0.05) is 12.1 Å². The Balaban J connectivity index is 1.84. The fourth-order valence-corrected chi connectivity index (χ4v) is 2.33. The number of rotatable bonds is 2. The molecule has 22 heavy (non-hydrogen) atoms. The van der Waals surface area contributed by atoms with Crippen molar-refractivity contribution < 1.29 is 23.1 Å². The maximum Gasteiger partial charge on any atom is 0.254 e. The predicted molar refractivity (Wildman–Crippen MR) is 73.7 cm³/mol. The molecule has 1 heterocycles. The number of amides is 1. The molecule has 1 amide bonds. The largest absolute Gasteiger partial charge is 0.389 e. The Kier molecular flexibility index (Phi) is 3.62. The summed E-state index contributed by atoms with van der Waals surface area (Å²) in [5.74, 6) is -4.24. The van der Waals surface area contributed by atoms with Crippen LogP contribution in [-0.4, -0.2) is 35.1 Å². The molecular formula is C16H12F3NO2. The van der Waals surface area contributed by atoms with Gasteiger partial charge in [0.05, 0.1) is 6.10 Å². The number of benzene rings is 2. The smallest absolute Gasteiger partial charge is 0.254 e. The van der Waals surface area contributed by atoms with E-state index in [-0.39, 0.29) is 11.5 Å². The van der Waals surface area contributed by atoms with Crippen molar-refractivity contribution in [1.29, 1.82) is 0 Å². The van der Waals surface area contributed by atoms with Crippen LogP contribution in [0.25, 0.3) is 11.1 Å². The van der Waals surface area contributed by atoms with Crippen LogP contribution in [0.3, 0.4) is 0 Å². The lowest BCUT2D eigenvalue weighted by atomic mass is 10.0. The minimum Gasteiger partial charge on any atom is -0.389 e. The monoisotopic (exact) mass is 307 g/mol. The predicted octanol–water partition coefficient (Wildman–Crippen LogP) is 2.59. The van der Waals surface area contributed by atoms with E-state index in [4.69, 9.17) is 0 Å². The van der Waals surface area contributed by atoms with Crippen LogP contribution in [-0.2, 0) is 0 Å². The summed E-state index contributed by atoms with van der Waals surface area (Å²) in [6.07, 6.45) is -0.478. The summed E-state index contributed by atoms with van der Waals surface area (Å²) in [5, 5.41) is 9.19. The maximum atomic E-state index is 13.2. The molecule has 1 fully saturated rings. The number of hydrogen-bond acceptors (Lipinski definition) is 2. The second-order valence-electron chi connectivity index (χ2n) is 5.20. The lowest BCUT2D eigenvalue weighted by Crippen LogP contribution is -2.53. The van der Waals surface area contributed by atoms with E-state index < -0.39 is 23.6 Å². The Labute approximate surface area is 124 Å². The van der Waals surface area contributed by atoms with Crippen LogP contribution < -0.4 is 0 Å². The van der Waals surface area contributed by atoms with Gasteiger partial charge in [0.1, 0.15) is 0 Å². The highest BCUT2D eigenvalue weighted by molar-refractivity contribution is 5.95. The van der Waals surface area contributed by atoms with Gasteiger partial charge in [0.15, 0.2) is 17.5 Å².